The van der Waals surface area contributed by atoms with Crippen LogP contribution in [0.4, 0.5) is 4.79 Å². The van der Waals surface area contributed by atoms with Crippen molar-refractivity contribution in [2.24, 2.45) is 11.8 Å². The lowest BCUT2D eigenvalue weighted by Crippen LogP contribution is -2.56. The summed E-state index contributed by atoms with van der Waals surface area (Å²) in [6, 6.07) is -2.16. The molecule has 4 fully saturated rings. The van der Waals surface area contributed by atoms with Gasteiger partial charge in [0.25, 0.3) is 0 Å². The van der Waals surface area contributed by atoms with Crippen molar-refractivity contribution in [3.05, 3.63) is 12.2 Å². The fraction of sp³-hybridized carbons (Fsp3) is 0.812. The average molecular weight is 759 g/mol. The molecule has 2 aliphatic carbocycles. The van der Waals surface area contributed by atoms with Gasteiger partial charge in [0.2, 0.25) is 11.8 Å². The van der Waals surface area contributed by atoms with E-state index in [0.717, 1.165) is 38.5 Å². The second-order valence-corrected chi connectivity index (χ2v) is 16.7. The number of nitrogens with one attached hydrogen (secondary N) is 5. The number of carboxylic acids is 1. The van der Waals surface area contributed by atoms with E-state index in [0.29, 0.717) is 31.1 Å². The number of carboxylic acid groups (broad SMARTS) is 1. The van der Waals surface area contributed by atoms with Crippen LogP contribution in [-0.4, -0.2) is 104 Å². The normalized spacial score (nSPS) is 37.4. The summed E-state index contributed by atoms with van der Waals surface area (Å²) in [6.07, 6.45) is 12.2. The average Bonchev–Trinajstić information content (AvgIpc) is 3.32. The van der Waals surface area contributed by atoms with E-state index in [1.54, 1.807) is 32.5 Å². The minimum Gasteiger partial charge on any atom is -0.479 e. The first kappa shape index (κ1) is 37.3. The van der Waals surface area contributed by atoms with Crippen LogP contribution in [0.5, 0.6) is 0 Å². The molecule has 14 nitrogen and oxygen atoms in total. The zero-order chi connectivity index (χ0) is 34.6. The number of ether oxygens (including phenoxy) is 2. The molecule has 0 aromatic carbocycles. The number of alkyl halides is 1. The number of hydrazine groups is 3. The Kier molecular flexibility index (Phi) is 12.4. The summed E-state index contributed by atoms with van der Waals surface area (Å²) in [4.78, 5) is 55.3. The van der Waals surface area contributed by atoms with E-state index in [1.807, 2.05) is 23.5 Å². The SMILES string of the molecule is CSCOC1CCC(C2NNN([C@@H]3C[C@H]4C(=O)N[C@]5(C(=O)O)C[C@H]5/C=C\CCCCC[C@H](NC(=O)OC(C)(C)C)C(=O)N4C3)N2)CC1Br. The highest BCUT2D eigenvalue weighted by molar-refractivity contribution is 9.09. The minimum absolute atomic E-state index is 0.0787. The van der Waals surface area contributed by atoms with Gasteiger partial charge in [-0.1, -0.05) is 40.9 Å². The summed E-state index contributed by atoms with van der Waals surface area (Å²) in [5.41, 5.74) is 7.93. The zero-order valence-corrected chi connectivity index (χ0v) is 30.7. The quantitative estimate of drug-likeness (QED) is 0.128. The summed E-state index contributed by atoms with van der Waals surface area (Å²) >= 11 is 5.49. The molecule has 9 atom stereocenters. The lowest BCUT2D eigenvalue weighted by molar-refractivity contribution is -0.145. The number of fused-ring (bicyclic) bond motifs is 2. The third-order valence-corrected chi connectivity index (χ3v) is 11.3. The van der Waals surface area contributed by atoms with E-state index in [4.69, 9.17) is 9.47 Å². The molecule has 3 heterocycles. The molecule has 0 bridgehead atoms. The van der Waals surface area contributed by atoms with Crippen LogP contribution >= 0.6 is 27.7 Å². The second-order valence-electron chi connectivity index (χ2n) is 14.7. The van der Waals surface area contributed by atoms with Crippen molar-refractivity contribution in [2.45, 2.75) is 131 Å². The fourth-order valence-electron chi connectivity index (χ4n) is 7.25. The van der Waals surface area contributed by atoms with Gasteiger partial charge in [-0.3, -0.25) is 9.59 Å². The molecule has 0 radical (unpaired) electrons. The van der Waals surface area contributed by atoms with Crippen molar-refractivity contribution in [2.75, 3.05) is 18.7 Å². The zero-order valence-electron chi connectivity index (χ0n) is 28.3. The van der Waals surface area contributed by atoms with Crippen molar-refractivity contribution < 1.29 is 33.8 Å². The van der Waals surface area contributed by atoms with Crippen LogP contribution in [0.1, 0.15) is 85.0 Å². The first-order valence-electron chi connectivity index (χ1n) is 17.1. The molecule has 48 heavy (non-hydrogen) atoms. The highest BCUT2D eigenvalue weighted by Crippen LogP contribution is 2.45. The Hall–Kier alpha value is -1.95. The van der Waals surface area contributed by atoms with Gasteiger partial charge in [0.1, 0.15) is 23.2 Å². The van der Waals surface area contributed by atoms with Crippen LogP contribution < -0.4 is 27.0 Å². The van der Waals surface area contributed by atoms with Gasteiger partial charge in [0.15, 0.2) is 0 Å². The number of carbonyl (C=O) groups excluding carboxylic acids is 3. The van der Waals surface area contributed by atoms with Gasteiger partial charge in [0.05, 0.1) is 24.3 Å². The van der Waals surface area contributed by atoms with Crippen LogP contribution in [0.15, 0.2) is 12.2 Å². The van der Waals surface area contributed by atoms with Gasteiger partial charge >= 0.3 is 12.1 Å². The Morgan fingerprint density at radius 3 is 2.67 bits per heavy atom. The number of hydrogen-bond donors (Lipinski definition) is 6. The van der Waals surface area contributed by atoms with Gasteiger partial charge < -0.3 is 30.1 Å². The van der Waals surface area contributed by atoms with E-state index in [9.17, 15) is 24.3 Å². The number of rotatable bonds is 7. The number of aliphatic carboxylic acids is 1. The Balaban J connectivity index is 1.32. The number of allylic oxidation sites excluding steroid dienone is 1. The van der Waals surface area contributed by atoms with Crippen LogP contribution in [0.3, 0.4) is 0 Å². The largest absolute Gasteiger partial charge is 0.479 e. The molecule has 5 rings (SSSR count). The molecule has 2 saturated carbocycles. The summed E-state index contributed by atoms with van der Waals surface area (Å²) in [7, 11) is 0. The molecule has 4 unspecified atom stereocenters. The Labute approximate surface area is 295 Å². The van der Waals surface area contributed by atoms with E-state index >= 15 is 0 Å². The van der Waals surface area contributed by atoms with Gasteiger partial charge in [0, 0.05) is 17.3 Å². The van der Waals surface area contributed by atoms with Crippen molar-refractivity contribution in [3.8, 4) is 0 Å². The minimum atomic E-state index is -1.39. The molecule has 0 spiro atoms. The van der Waals surface area contributed by atoms with E-state index in [1.165, 1.54) is 4.90 Å². The molecule has 3 aliphatic heterocycles. The molecule has 16 heteroatoms. The number of hydrogen-bond acceptors (Lipinski definition) is 11. The van der Waals surface area contributed by atoms with Crippen LogP contribution in [0.2, 0.25) is 0 Å². The van der Waals surface area contributed by atoms with Crippen LogP contribution in [0, 0.1) is 11.8 Å². The summed E-state index contributed by atoms with van der Waals surface area (Å²) in [6.45, 7) is 5.46. The maximum Gasteiger partial charge on any atom is 0.408 e. The van der Waals surface area contributed by atoms with E-state index in [-0.39, 0.29) is 47.9 Å². The summed E-state index contributed by atoms with van der Waals surface area (Å²) < 4.78 is 11.5. The third-order valence-electron chi connectivity index (χ3n) is 9.94. The van der Waals surface area contributed by atoms with Gasteiger partial charge in [-0.2, -0.15) is 10.7 Å². The number of amides is 3. The van der Waals surface area contributed by atoms with Gasteiger partial charge in [-0.25, -0.2) is 20.4 Å². The van der Waals surface area contributed by atoms with E-state index in [2.05, 4.69) is 42.9 Å². The molecule has 3 amide bonds. The standard InChI is InChI=1S/C32H52BrN7O7S/c1-31(2,3)47-30(45)34-23-11-9-7-5-6-8-10-20-16-32(20,29(43)44)35-27(41)24-15-21(17-39(24)28(23)42)40-37-26(36-38-40)19-12-13-25(22(33)14-19)46-18-48-4/h8,10,19-26,36-38H,5-7,9,11-18H2,1-4H3,(H,34,45)(H,35,41)(H,43,44)/b10-8-/t19?,20-,21-,22?,23+,24+,25?,26?,32-/m1/s1. The monoisotopic (exact) mass is 757 g/mol. The highest BCUT2D eigenvalue weighted by atomic mass is 79.9. The maximum atomic E-state index is 14.3. The second kappa shape index (κ2) is 15.9. The van der Waals surface area contributed by atoms with Crippen molar-refractivity contribution in [1.82, 2.24) is 37.0 Å². The molecule has 6 N–H and O–H groups in total. The number of carbonyl (C=O) groups is 4. The third kappa shape index (κ3) is 9.04. The van der Waals surface area contributed by atoms with Crippen molar-refractivity contribution >= 4 is 51.6 Å². The number of nitrogens with zero attached hydrogens (tertiary/aromatic N) is 2. The highest BCUT2D eigenvalue weighted by Gasteiger charge is 2.61. The number of halogens is 1. The van der Waals surface area contributed by atoms with Crippen molar-refractivity contribution in [1.29, 1.82) is 0 Å². The lowest BCUT2D eigenvalue weighted by Gasteiger charge is -2.35. The first-order valence-corrected chi connectivity index (χ1v) is 19.5. The smallest absolute Gasteiger partial charge is 0.408 e. The predicted octanol–water partition coefficient (Wildman–Crippen LogP) is 2.75. The Morgan fingerprint density at radius 1 is 1.17 bits per heavy atom. The van der Waals surface area contributed by atoms with Gasteiger partial charge in [-0.15, -0.1) is 11.8 Å². The van der Waals surface area contributed by atoms with Gasteiger partial charge in [-0.05, 0) is 84.3 Å². The number of thioether (sulfide) groups is 1. The molecular formula is C32H52BrN7O7S. The maximum absolute atomic E-state index is 14.3. The van der Waals surface area contributed by atoms with E-state index < -0.39 is 41.2 Å². The predicted molar refractivity (Wildman–Crippen MR) is 184 cm³/mol. The van der Waals surface area contributed by atoms with Crippen LogP contribution in [0.25, 0.3) is 0 Å². The molecule has 0 aromatic heterocycles. The summed E-state index contributed by atoms with van der Waals surface area (Å²) in [5.74, 6) is -1.32. The molecular weight excluding hydrogens is 706 g/mol. The van der Waals surface area contributed by atoms with Crippen molar-refractivity contribution in [3.63, 3.8) is 0 Å². The Morgan fingerprint density at radius 2 is 1.96 bits per heavy atom. The fourth-order valence-corrected chi connectivity index (χ4v) is 8.46. The number of alkyl carbamates (subject to hydrolysis) is 1. The van der Waals surface area contributed by atoms with Crippen LogP contribution in [-0.2, 0) is 23.9 Å². The first-order chi connectivity index (χ1) is 22.8. The molecule has 0 aromatic rings. The molecule has 270 valence electrons. The molecule has 5 aliphatic rings. The lowest BCUT2D eigenvalue weighted by atomic mass is 9.85. The topological polar surface area (TPSA) is 174 Å². The molecule has 2 saturated heterocycles. The Bertz CT molecular complexity index is 1220. The summed E-state index contributed by atoms with van der Waals surface area (Å²) in [5, 5.41) is 17.6.